The Morgan fingerprint density at radius 1 is 1.35 bits per heavy atom. The third-order valence-electron chi connectivity index (χ3n) is 3.90. The average Bonchev–Trinajstić information content (AvgIpc) is 2.79. The molecule has 2 saturated heterocycles. The molecule has 26 heavy (non-hydrogen) atoms. The molecule has 2 fully saturated rings. The van der Waals surface area contributed by atoms with Gasteiger partial charge in [0.15, 0.2) is 0 Å². The van der Waals surface area contributed by atoms with Crippen molar-refractivity contribution in [2.24, 2.45) is 0 Å². The van der Waals surface area contributed by atoms with E-state index < -0.39 is 34.4 Å². The third-order valence-corrected chi connectivity index (χ3v) is 4.24. The fourth-order valence-corrected chi connectivity index (χ4v) is 3.20. The zero-order chi connectivity index (χ0) is 18.2. The van der Waals surface area contributed by atoms with E-state index in [2.05, 4.69) is 19.6 Å². The van der Waals surface area contributed by atoms with Crippen molar-refractivity contribution in [3.8, 4) is 0 Å². The van der Waals surface area contributed by atoms with E-state index in [1.54, 1.807) is 0 Å². The number of fused-ring (bicyclic) bond motifs is 2. The quantitative estimate of drug-likeness (QED) is 0.171. The minimum atomic E-state index is -5.08. The summed E-state index contributed by atoms with van der Waals surface area (Å²) < 4.78 is 36.4. The number of amides is 3. The maximum atomic E-state index is 12.2. The molecule has 2 N–H and O–H groups in total. The van der Waals surface area contributed by atoms with Gasteiger partial charge in [0.2, 0.25) is 10.4 Å². The van der Waals surface area contributed by atoms with Crippen LogP contribution in [-0.4, -0.2) is 69.3 Å². The normalized spacial score (nSPS) is 22.0. The van der Waals surface area contributed by atoms with Gasteiger partial charge in [-0.1, -0.05) is 0 Å². The van der Waals surface area contributed by atoms with E-state index >= 15 is 0 Å². The fourth-order valence-electron chi connectivity index (χ4n) is 2.82. The van der Waals surface area contributed by atoms with E-state index in [0.717, 1.165) is 0 Å². The molecule has 14 heteroatoms. The third kappa shape index (κ3) is 4.36. The van der Waals surface area contributed by atoms with Crippen molar-refractivity contribution in [3.63, 3.8) is 0 Å². The van der Waals surface area contributed by atoms with E-state index in [1.165, 1.54) is 23.6 Å². The predicted octanol–water partition coefficient (Wildman–Crippen LogP) is -4.15. The van der Waals surface area contributed by atoms with Crippen molar-refractivity contribution in [1.82, 2.24) is 25.2 Å². The SMILES string of the molecule is N=C(NC(=O)c1cncnc1)[C@@H]1CC[C@@H]2CN1C(=O)N2OS(=O)(=O)[O-].[Na+]. The summed E-state index contributed by atoms with van der Waals surface area (Å²) in [7, 11) is -5.08. The summed E-state index contributed by atoms with van der Waals surface area (Å²) >= 11 is 0. The average molecular weight is 392 g/mol. The van der Waals surface area contributed by atoms with Crippen molar-refractivity contribution in [3.05, 3.63) is 24.3 Å². The summed E-state index contributed by atoms with van der Waals surface area (Å²) in [6.45, 7) is 0.0890. The van der Waals surface area contributed by atoms with E-state index in [4.69, 9.17) is 5.41 Å². The Morgan fingerprint density at radius 2 is 2.00 bits per heavy atom. The molecule has 1 aromatic rings. The van der Waals surface area contributed by atoms with E-state index in [1.807, 2.05) is 0 Å². The molecule has 0 aliphatic carbocycles. The maximum Gasteiger partial charge on any atom is 1.00 e. The Bertz CT molecular complexity index is 821. The molecule has 3 rings (SSSR count). The number of carbonyl (C=O) groups excluding carboxylic acids is 2. The molecule has 0 unspecified atom stereocenters. The molecular formula is C12H13N6NaO6S. The van der Waals surface area contributed by atoms with Gasteiger partial charge in [-0.05, 0) is 12.8 Å². The summed E-state index contributed by atoms with van der Waals surface area (Å²) in [4.78, 5) is 32.9. The van der Waals surface area contributed by atoms with Crippen molar-refractivity contribution in [2.75, 3.05) is 6.54 Å². The molecule has 0 aromatic carbocycles. The number of nitrogens with one attached hydrogen (secondary N) is 2. The number of amidine groups is 1. The van der Waals surface area contributed by atoms with E-state index in [0.29, 0.717) is 17.9 Å². The van der Waals surface area contributed by atoms with Crippen LogP contribution in [0.2, 0.25) is 0 Å². The Labute approximate surface area is 170 Å². The smallest absolute Gasteiger partial charge is 0.724 e. The number of urea groups is 1. The van der Waals surface area contributed by atoms with Gasteiger partial charge in [-0.2, -0.15) is 9.35 Å². The van der Waals surface area contributed by atoms with E-state index in [9.17, 15) is 22.6 Å². The number of aromatic nitrogens is 2. The predicted molar refractivity (Wildman–Crippen MR) is 78.8 cm³/mol. The van der Waals surface area contributed by atoms with Crippen LogP contribution >= 0.6 is 0 Å². The number of carbonyl (C=O) groups is 2. The number of hydrogen-bond donors (Lipinski definition) is 2. The number of hydrogen-bond acceptors (Lipinski definition) is 9. The van der Waals surface area contributed by atoms with E-state index in [-0.39, 0.29) is 47.5 Å². The van der Waals surface area contributed by atoms with Gasteiger partial charge in [0, 0.05) is 18.9 Å². The minimum Gasteiger partial charge on any atom is -0.724 e. The second kappa shape index (κ2) is 7.94. The molecule has 2 aliphatic rings. The first-order valence-corrected chi connectivity index (χ1v) is 8.49. The van der Waals surface area contributed by atoms with Gasteiger partial charge in [-0.3, -0.25) is 10.2 Å². The zero-order valence-electron chi connectivity index (χ0n) is 13.7. The first-order chi connectivity index (χ1) is 11.8. The Hall–Kier alpha value is -1.64. The van der Waals surface area contributed by atoms with Crippen LogP contribution < -0.4 is 34.9 Å². The maximum absolute atomic E-state index is 12.2. The second-order valence-corrected chi connectivity index (χ2v) is 6.45. The fraction of sp³-hybridized carbons (Fsp3) is 0.417. The number of piperidine rings is 1. The van der Waals surface area contributed by atoms with Gasteiger partial charge in [0.1, 0.15) is 12.2 Å². The minimum absolute atomic E-state index is 0. The van der Waals surface area contributed by atoms with Crippen molar-refractivity contribution < 1.29 is 56.4 Å². The molecule has 2 bridgehead atoms. The van der Waals surface area contributed by atoms with Crippen molar-refractivity contribution in [2.45, 2.75) is 24.9 Å². The molecule has 1 aromatic heterocycles. The summed E-state index contributed by atoms with van der Waals surface area (Å²) in [5.41, 5.74) is 0.149. The van der Waals surface area contributed by atoms with Gasteiger partial charge >= 0.3 is 35.6 Å². The molecule has 3 amide bonds. The molecule has 2 atom stereocenters. The molecule has 0 spiro atoms. The molecular weight excluding hydrogens is 379 g/mol. The monoisotopic (exact) mass is 392 g/mol. The van der Waals surface area contributed by atoms with Crippen molar-refractivity contribution >= 4 is 28.2 Å². The summed E-state index contributed by atoms with van der Waals surface area (Å²) in [6, 6.07) is -2.20. The van der Waals surface area contributed by atoms with Crippen LogP contribution in [0.25, 0.3) is 0 Å². The Morgan fingerprint density at radius 3 is 2.62 bits per heavy atom. The summed E-state index contributed by atoms with van der Waals surface area (Å²) in [6.07, 6.45) is 4.43. The topological polar surface area (TPSA) is 169 Å². The molecule has 12 nitrogen and oxygen atoms in total. The Balaban J connectivity index is 0.00000243. The second-order valence-electron chi connectivity index (χ2n) is 5.49. The molecule has 0 radical (unpaired) electrons. The number of hydroxylamine groups is 2. The van der Waals surface area contributed by atoms with Gasteiger partial charge < -0.3 is 14.8 Å². The first-order valence-electron chi connectivity index (χ1n) is 7.16. The van der Waals surface area contributed by atoms with Crippen LogP contribution in [0.4, 0.5) is 4.79 Å². The van der Waals surface area contributed by atoms with Crippen LogP contribution in [0.5, 0.6) is 0 Å². The van der Waals surface area contributed by atoms with Gasteiger partial charge in [0.05, 0.1) is 17.6 Å². The van der Waals surface area contributed by atoms with Crippen LogP contribution in [-0.2, 0) is 14.7 Å². The van der Waals surface area contributed by atoms with Crippen LogP contribution in [0.3, 0.4) is 0 Å². The van der Waals surface area contributed by atoms with Crippen LogP contribution in [0, 0.1) is 5.41 Å². The van der Waals surface area contributed by atoms with Gasteiger partial charge in [0.25, 0.3) is 5.91 Å². The van der Waals surface area contributed by atoms with Gasteiger partial charge in [-0.15, -0.1) is 0 Å². The van der Waals surface area contributed by atoms with Crippen LogP contribution in [0.15, 0.2) is 18.7 Å². The number of rotatable bonds is 4. The van der Waals surface area contributed by atoms with Crippen LogP contribution in [0.1, 0.15) is 23.2 Å². The largest absolute Gasteiger partial charge is 1.00 e. The zero-order valence-corrected chi connectivity index (χ0v) is 16.5. The number of nitrogens with zero attached hydrogens (tertiary/aromatic N) is 4. The molecule has 2 aliphatic heterocycles. The van der Waals surface area contributed by atoms with Gasteiger partial charge in [-0.25, -0.2) is 23.2 Å². The standard InChI is InChI=1S/C12H14N6O6S.Na/c13-10(16-11(19)7-3-14-6-15-4-7)9-2-1-8-5-17(9)12(20)18(8)24-25(21,22)23;/h3-4,6,8-9H,1-2,5H2,(H2,13,16,19)(H,21,22,23);/q;+1/p-1/t8-,9+;/m1./s1. The first kappa shape index (κ1) is 20.7. The summed E-state index contributed by atoms with van der Waals surface area (Å²) in [5.74, 6) is -0.831. The molecule has 134 valence electrons. The van der Waals surface area contributed by atoms with Crippen molar-refractivity contribution in [1.29, 1.82) is 5.41 Å². The summed E-state index contributed by atoms with van der Waals surface area (Å²) in [5, 5.41) is 10.9. The Kier molecular flexibility index (Phi) is 6.31. The molecule has 3 heterocycles. The molecule has 0 saturated carbocycles.